The first kappa shape index (κ1) is 11.1. The van der Waals surface area contributed by atoms with Crippen LogP contribution in [0.3, 0.4) is 0 Å². The van der Waals surface area contributed by atoms with Crippen molar-refractivity contribution in [3.8, 4) is 0 Å². The summed E-state index contributed by atoms with van der Waals surface area (Å²) >= 11 is 1.61. The number of aliphatic carboxylic acids is 1. The van der Waals surface area contributed by atoms with E-state index in [-0.39, 0.29) is 11.3 Å². The molecule has 0 fully saturated rings. The molecule has 0 saturated heterocycles. The lowest BCUT2D eigenvalue weighted by Crippen LogP contribution is -2.37. The Labute approximate surface area is 87.4 Å². The Morgan fingerprint density at radius 1 is 1.86 bits per heavy atom. The fourth-order valence-electron chi connectivity index (χ4n) is 1.20. The molecule has 4 nitrogen and oxygen atoms in total. The number of rotatable bonds is 3. The molecule has 1 aliphatic rings. The number of carboxylic acids is 1. The molecule has 2 unspecified atom stereocenters. The van der Waals surface area contributed by atoms with Crippen LogP contribution in [0.1, 0.15) is 13.8 Å². The summed E-state index contributed by atoms with van der Waals surface area (Å²) in [6, 6.07) is 0. The van der Waals surface area contributed by atoms with E-state index in [0.717, 1.165) is 11.8 Å². The maximum atomic E-state index is 10.3. The Hall–Kier alpha value is -0.940. The van der Waals surface area contributed by atoms with Crippen molar-refractivity contribution in [2.45, 2.75) is 19.2 Å². The van der Waals surface area contributed by atoms with Crippen LogP contribution in [0, 0.1) is 5.92 Å². The fourth-order valence-corrected chi connectivity index (χ4v) is 2.30. The van der Waals surface area contributed by atoms with Crippen LogP contribution < -0.4 is 5.84 Å². The van der Waals surface area contributed by atoms with Crippen molar-refractivity contribution >= 4 is 17.7 Å². The zero-order valence-corrected chi connectivity index (χ0v) is 8.99. The van der Waals surface area contributed by atoms with Crippen molar-refractivity contribution < 1.29 is 9.90 Å². The molecule has 2 atom stereocenters. The zero-order chi connectivity index (χ0) is 10.7. The minimum absolute atomic E-state index is 0.102. The molecule has 0 aromatic carbocycles. The minimum atomic E-state index is -0.923. The van der Waals surface area contributed by atoms with Gasteiger partial charge in [0.25, 0.3) is 0 Å². The second kappa shape index (κ2) is 4.52. The molecule has 1 rings (SSSR count). The van der Waals surface area contributed by atoms with Crippen LogP contribution in [0.25, 0.3) is 0 Å². The van der Waals surface area contributed by atoms with E-state index in [4.69, 9.17) is 10.9 Å². The average molecular weight is 214 g/mol. The van der Waals surface area contributed by atoms with Crippen LogP contribution in [-0.4, -0.2) is 21.5 Å². The van der Waals surface area contributed by atoms with Gasteiger partial charge in [0.1, 0.15) is 5.37 Å². The second-order valence-corrected chi connectivity index (χ2v) is 4.24. The van der Waals surface area contributed by atoms with Crippen LogP contribution in [0.5, 0.6) is 0 Å². The number of allylic oxidation sites excluding steroid dienone is 1. The molecule has 0 saturated carbocycles. The second-order valence-electron chi connectivity index (χ2n) is 3.25. The SMILES string of the molecule is CC1=CSC(C(C)/C=C/C(=O)O)N1N. The predicted molar refractivity (Wildman–Crippen MR) is 57.1 cm³/mol. The summed E-state index contributed by atoms with van der Waals surface area (Å²) in [5.41, 5.74) is 1.01. The monoisotopic (exact) mass is 214 g/mol. The third-order valence-corrected chi connectivity index (χ3v) is 3.46. The van der Waals surface area contributed by atoms with Gasteiger partial charge in [0.2, 0.25) is 0 Å². The standard InChI is InChI=1S/C9H14N2O2S/c1-6(3-4-8(12)13)9-11(10)7(2)5-14-9/h3-6,9H,10H2,1-2H3,(H,12,13)/b4-3+. The number of hydrogen-bond donors (Lipinski definition) is 2. The lowest BCUT2D eigenvalue weighted by molar-refractivity contribution is -0.131. The van der Waals surface area contributed by atoms with Crippen molar-refractivity contribution in [1.29, 1.82) is 0 Å². The minimum Gasteiger partial charge on any atom is -0.478 e. The van der Waals surface area contributed by atoms with Gasteiger partial charge in [-0.15, -0.1) is 11.8 Å². The Bertz CT molecular complexity index is 289. The van der Waals surface area contributed by atoms with Gasteiger partial charge in [-0.25, -0.2) is 10.6 Å². The molecule has 1 aliphatic heterocycles. The van der Waals surface area contributed by atoms with E-state index in [1.165, 1.54) is 0 Å². The summed E-state index contributed by atoms with van der Waals surface area (Å²) < 4.78 is 0. The largest absolute Gasteiger partial charge is 0.478 e. The van der Waals surface area contributed by atoms with E-state index < -0.39 is 5.97 Å². The Kier molecular flexibility index (Phi) is 3.60. The van der Waals surface area contributed by atoms with Gasteiger partial charge in [0.05, 0.1) is 0 Å². The lowest BCUT2D eigenvalue weighted by atomic mass is 10.1. The zero-order valence-electron chi connectivity index (χ0n) is 8.18. The molecule has 78 valence electrons. The van der Waals surface area contributed by atoms with Crippen molar-refractivity contribution in [2.24, 2.45) is 11.8 Å². The van der Waals surface area contributed by atoms with Crippen LogP contribution in [0.4, 0.5) is 0 Å². The first-order valence-corrected chi connectivity index (χ1v) is 5.24. The highest BCUT2D eigenvalue weighted by molar-refractivity contribution is 8.02. The Morgan fingerprint density at radius 2 is 2.50 bits per heavy atom. The van der Waals surface area contributed by atoms with E-state index in [0.29, 0.717) is 0 Å². The molecular weight excluding hydrogens is 200 g/mol. The van der Waals surface area contributed by atoms with E-state index in [9.17, 15) is 4.79 Å². The quantitative estimate of drug-likeness (QED) is 0.548. The van der Waals surface area contributed by atoms with Gasteiger partial charge in [-0.05, 0) is 12.3 Å². The number of thioether (sulfide) groups is 1. The smallest absolute Gasteiger partial charge is 0.327 e. The van der Waals surface area contributed by atoms with E-state index in [2.05, 4.69) is 0 Å². The molecule has 0 aliphatic carbocycles. The third kappa shape index (κ3) is 2.52. The molecule has 0 amide bonds. The number of nitrogens with two attached hydrogens (primary N) is 1. The van der Waals surface area contributed by atoms with E-state index in [1.807, 2.05) is 19.3 Å². The van der Waals surface area contributed by atoms with Gasteiger partial charge >= 0.3 is 5.97 Å². The van der Waals surface area contributed by atoms with Crippen LogP contribution >= 0.6 is 11.8 Å². The summed E-state index contributed by atoms with van der Waals surface area (Å²) in [6.45, 7) is 3.88. The van der Waals surface area contributed by atoms with Gasteiger partial charge in [0.15, 0.2) is 0 Å². The van der Waals surface area contributed by atoms with E-state index >= 15 is 0 Å². The molecule has 0 aromatic heterocycles. The molecule has 3 N–H and O–H groups in total. The Balaban J connectivity index is 2.55. The van der Waals surface area contributed by atoms with Crippen LogP contribution in [-0.2, 0) is 4.79 Å². The molecule has 0 bridgehead atoms. The maximum Gasteiger partial charge on any atom is 0.327 e. The van der Waals surface area contributed by atoms with Crippen molar-refractivity contribution in [3.05, 3.63) is 23.3 Å². The molecular formula is C9H14N2O2S. The molecule has 0 aromatic rings. The van der Waals surface area contributed by atoms with Gasteiger partial charge in [-0.2, -0.15) is 0 Å². The third-order valence-electron chi connectivity index (χ3n) is 2.05. The lowest BCUT2D eigenvalue weighted by Gasteiger charge is -2.25. The molecule has 0 radical (unpaired) electrons. The normalized spacial score (nSPS) is 24.1. The maximum absolute atomic E-state index is 10.3. The summed E-state index contributed by atoms with van der Waals surface area (Å²) in [7, 11) is 0. The summed E-state index contributed by atoms with van der Waals surface area (Å²) in [5.74, 6) is 4.98. The number of nitrogens with zero attached hydrogens (tertiary/aromatic N) is 1. The fraction of sp³-hybridized carbons (Fsp3) is 0.444. The van der Waals surface area contributed by atoms with Crippen molar-refractivity contribution in [3.63, 3.8) is 0 Å². The highest BCUT2D eigenvalue weighted by Gasteiger charge is 2.25. The number of hydrazine groups is 1. The van der Waals surface area contributed by atoms with Crippen LogP contribution in [0.2, 0.25) is 0 Å². The first-order valence-electron chi connectivity index (χ1n) is 4.29. The van der Waals surface area contributed by atoms with E-state index in [1.54, 1.807) is 22.8 Å². The van der Waals surface area contributed by atoms with Gasteiger partial charge in [0, 0.05) is 17.7 Å². The molecule has 1 heterocycles. The highest BCUT2D eigenvalue weighted by atomic mass is 32.2. The first-order chi connectivity index (χ1) is 6.52. The molecule has 14 heavy (non-hydrogen) atoms. The molecule has 5 heteroatoms. The topological polar surface area (TPSA) is 66.6 Å². The summed E-state index contributed by atoms with van der Waals surface area (Å²) in [6.07, 6.45) is 2.82. The van der Waals surface area contributed by atoms with Gasteiger partial charge < -0.3 is 10.1 Å². The number of carboxylic acid groups (broad SMARTS) is 1. The van der Waals surface area contributed by atoms with Crippen LogP contribution in [0.15, 0.2) is 23.3 Å². The van der Waals surface area contributed by atoms with Crippen molar-refractivity contribution in [2.75, 3.05) is 0 Å². The summed E-state index contributed by atoms with van der Waals surface area (Å²) in [5, 5.41) is 12.2. The predicted octanol–water partition coefficient (Wildman–Crippen LogP) is 1.37. The number of carbonyl (C=O) groups is 1. The van der Waals surface area contributed by atoms with Gasteiger partial charge in [-0.1, -0.05) is 13.0 Å². The van der Waals surface area contributed by atoms with Gasteiger partial charge in [-0.3, -0.25) is 0 Å². The number of hydrogen-bond acceptors (Lipinski definition) is 4. The average Bonchev–Trinajstić information content (AvgIpc) is 2.44. The highest BCUT2D eigenvalue weighted by Crippen LogP contribution is 2.32. The van der Waals surface area contributed by atoms with Crippen molar-refractivity contribution in [1.82, 2.24) is 5.01 Å². The Morgan fingerprint density at radius 3 is 2.93 bits per heavy atom. The molecule has 0 spiro atoms. The summed E-state index contributed by atoms with van der Waals surface area (Å²) in [4.78, 5) is 10.3.